The molecule has 0 saturated carbocycles. The van der Waals surface area contributed by atoms with Crippen molar-refractivity contribution < 1.29 is 0 Å². The molecule has 0 fully saturated rings. The highest BCUT2D eigenvalue weighted by molar-refractivity contribution is 5.82. The average molecular weight is 189 g/mol. The number of nitrogens with zero attached hydrogens (tertiary/aromatic N) is 2. The number of aryl methyl sites for hydroxylation is 1. The highest BCUT2D eigenvalue weighted by atomic mass is 15.2. The van der Waals surface area contributed by atoms with Crippen molar-refractivity contribution in [2.45, 2.75) is 6.42 Å². The largest absolute Gasteiger partial charge is 0.319 e. The van der Waals surface area contributed by atoms with Crippen LogP contribution in [0.5, 0.6) is 0 Å². The van der Waals surface area contributed by atoms with Gasteiger partial charge in [0.1, 0.15) is 0 Å². The maximum Gasteiger partial charge on any atom is 0.0681 e. The van der Waals surface area contributed by atoms with Gasteiger partial charge in [0.25, 0.3) is 0 Å². The van der Waals surface area contributed by atoms with Crippen LogP contribution in [0.2, 0.25) is 0 Å². The van der Waals surface area contributed by atoms with Crippen molar-refractivity contribution in [1.29, 1.82) is 0 Å². The molecule has 0 aliphatic carbocycles. The summed E-state index contributed by atoms with van der Waals surface area (Å²) in [6, 6.07) is 6.36. The van der Waals surface area contributed by atoms with Crippen molar-refractivity contribution in [1.82, 2.24) is 15.1 Å². The first-order valence-electron chi connectivity index (χ1n) is 4.87. The molecular formula is C11H15N3. The van der Waals surface area contributed by atoms with E-state index in [1.165, 1.54) is 16.5 Å². The van der Waals surface area contributed by atoms with E-state index in [1.807, 2.05) is 25.0 Å². The Hall–Kier alpha value is -1.35. The molecule has 0 aliphatic rings. The van der Waals surface area contributed by atoms with Crippen LogP contribution in [0.25, 0.3) is 10.9 Å². The van der Waals surface area contributed by atoms with E-state index in [4.69, 9.17) is 0 Å². The third kappa shape index (κ3) is 1.51. The zero-order valence-corrected chi connectivity index (χ0v) is 8.62. The molecule has 14 heavy (non-hydrogen) atoms. The number of hydrogen-bond donors (Lipinski definition) is 1. The standard InChI is InChI=1S/C11H15N3/c1-12-7-6-9-4-3-5-11-10(9)8-13-14(11)2/h3-5,8,12H,6-7H2,1-2H3. The SMILES string of the molecule is CNCCc1cccc2c1cnn2C. The number of benzene rings is 1. The molecule has 2 rings (SSSR count). The molecule has 0 unspecified atom stereocenters. The Balaban J connectivity index is 2.44. The van der Waals surface area contributed by atoms with E-state index >= 15 is 0 Å². The van der Waals surface area contributed by atoms with Crippen molar-refractivity contribution in [2.75, 3.05) is 13.6 Å². The molecule has 0 aliphatic heterocycles. The van der Waals surface area contributed by atoms with Gasteiger partial charge < -0.3 is 5.32 Å². The van der Waals surface area contributed by atoms with Gasteiger partial charge in [-0.3, -0.25) is 4.68 Å². The van der Waals surface area contributed by atoms with Gasteiger partial charge in [0.05, 0.1) is 11.7 Å². The van der Waals surface area contributed by atoms with Gasteiger partial charge in [-0.2, -0.15) is 5.10 Å². The van der Waals surface area contributed by atoms with Crippen LogP contribution < -0.4 is 5.32 Å². The second kappa shape index (κ2) is 3.80. The minimum atomic E-state index is 1.01. The summed E-state index contributed by atoms with van der Waals surface area (Å²) < 4.78 is 1.91. The monoisotopic (exact) mass is 189 g/mol. The summed E-state index contributed by atoms with van der Waals surface area (Å²) in [6.45, 7) is 1.01. The molecule has 1 aromatic carbocycles. The maximum absolute atomic E-state index is 4.26. The van der Waals surface area contributed by atoms with E-state index in [1.54, 1.807) is 0 Å². The molecule has 1 aromatic heterocycles. The Morgan fingerprint density at radius 2 is 2.29 bits per heavy atom. The van der Waals surface area contributed by atoms with Crippen LogP contribution >= 0.6 is 0 Å². The third-order valence-corrected chi connectivity index (χ3v) is 2.53. The normalized spacial score (nSPS) is 11.0. The van der Waals surface area contributed by atoms with Gasteiger partial charge in [0.15, 0.2) is 0 Å². The third-order valence-electron chi connectivity index (χ3n) is 2.53. The fourth-order valence-electron chi connectivity index (χ4n) is 1.71. The smallest absolute Gasteiger partial charge is 0.0681 e. The van der Waals surface area contributed by atoms with Crippen LogP contribution in [-0.4, -0.2) is 23.4 Å². The van der Waals surface area contributed by atoms with Crippen molar-refractivity contribution in [2.24, 2.45) is 7.05 Å². The Morgan fingerprint density at radius 3 is 3.07 bits per heavy atom. The number of fused-ring (bicyclic) bond motifs is 1. The first-order chi connectivity index (χ1) is 6.83. The molecule has 74 valence electrons. The summed E-state index contributed by atoms with van der Waals surface area (Å²) in [4.78, 5) is 0. The molecule has 1 heterocycles. The second-order valence-corrected chi connectivity index (χ2v) is 3.47. The topological polar surface area (TPSA) is 29.9 Å². The predicted molar refractivity (Wildman–Crippen MR) is 58.3 cm³/mol. The summed E-state index contributed by atoms with van der Waals surface area (Å²) in [5.74, 6) is 0. The van der Waals surface area contributed by atoms with Gasteiger partial charge >= 0.3 is 0 Å². The van der Waals surface area contributed by atoms with E-state index in [-0.39, 0.29) is 0 Å². The maximum atomic E-state index is 4.26. The van der Waals surface area contributed by atoms with Gasteiger partial charge in [-0.05, 0) is 31.6 Å². The molecule has 2 aromatic rings. The summed E-state index contributed by atoms with van der Waals surface area (Å²) in [6.07, 6.45) is 3.00. The van der Waals surface area contributed by atoms with Crippen LogP contribution in [-0.2, 0) is 13.5 Å². The quantitative estimate of drug-likeness (QED) is 0.789. The molecule has 0 saturated heterocycles. The number of hydrogen-bond acceptors (Lipinski definition) is 2. The summed E-state index contributed by atoms with van der Waals surface area (Å²) >= 11 is 0. The molecule has 3 heteroatoms. The van der Waals surface area contributed by atoms with E-state index in [0.29, 0.717) is 0 Å². The number of nitrogens with one attached hydrogen (secondary N) is 1. The minimum absolute atomic E-state index is 1.01. The fraction of sp³-hybridized carbons (Fsp3) is 0.364. The van der Waals surface area contributed by atoms with Gasteiger partial charge in [0.2, 0.25) is 0 Å². The predicted octanol–water partition coefficient (Wildman–Crippen LogP) is 1.34. The van der Waals surface area contributed by atoms with Crippen molar-refractivity contribution in [3.8, 4) is 0 Å². The lowest BCUT2D eigenvalue weighted by atomic mass is 10.1. The molecule has 0 radical (unpaired) electrons. The van der Waals surface area contributed by atoms with Crippen LogP contribution in [0.4, 0.5) is 0 Å². The first-order valence-corrected chi connectivity index (χ1v) is 4.87. The Kier molecular flexibility index (Phi) is 2.50. The van der Waals surface area contributed by atoms with E-state index in [0.717, 1.165) is 13.0 Å². The van der Waals surface area contributed by atoms with Crippen molar-refractivity contribution >= 4 is 10.9 Å². The molecule has 1 N–H and O–H groups in total. The Morgan fingerprint density at radius 1 is 1.43 bits per heavy atom. The Labute approximate surface area is 83.7 Å². The van der Waals surface area contributed by atoms with E-state index in [2.05, 4.69) is 28.6 Å². The fourth-order valence-corrected chi connectivity index (χ4v) is 1.71. The molecule has 3 nitrogen and oxygen atoms in total. The van der Waals surface area contributed by atoms with Gasteiger partial charge in [0, 0.05) is 12.4 Å². The number of rotatable bonds is 3. The average Bonchev–Trinajstić information content (AvgIpc) is 2.58. The number of likely N-dealkylation sites (N-methyl/N-ethyl adjacent to an activating group) is 1. The molecule has 0 amide bonds. The van der Waals surface area contributed by atoms with E-state index in [9.17, 15) is 0 Å². The van der Waals surface area contributed by atoms with Crippen LogP contribution in [0, 0.1) is 0 Å². The molecule has 0 spiro atoms. The van der Waals surface area contributed by atoms with Crippen LogP contribution in [0.15, 0.2) is 24.4 Å². The summed E-state index contributed by atoms with van der Waals surface area (Å²) in [5.41, 5.74) is 2.57. The molecular weight excluding hydrogens is 174 g/mol. The molecule has 0 bridgehead atoms. The molecule has 0 atom stereocenters. The Bertz CT molecular complexity index is 431. The first kappa shape index (κ1) is 9.21. The summed E-state index contributed by atoms with van der Waals surface area (Å²) in [7, 11) is 3.95. The van der Waals surface area contributed by atoms with Crippen molar-refractivity contribution in [3.05, 3.63) is 30.0 Å². The van der Waals surface area contributed by atoms with Gasteiger partial charge in [-0.25, -0.2) is 0 Å². The minimum Gasteiger partial charge on any atom is -0.319 e. The highest BCUT2D eigenvalue weighted by Crippen LogP contribution is 2.17. The number of aromatic nitrogens is 2. The lowest BCUT2D eigenvalue weighted by Gasteiger charge is -2.02. The van der Waals surface area contributed by atoms with E-state index < -0.39 is 0 Å². The lowest BCUT2D eigenvalue weighted by molar-refractivity contribution is 0.794. The van der Waals surface area contributed by atoms with Gasteiger partial charge in [-0.15, -0.1) is 0 Å². The highest BCUT2D eigenvalue weighted by Gasteiger charge is 2.03. The lowest BCUT2D eigenvalue weighted by Crippen LogP contribution is -2.10. The van der Waals surface area contributed by atoms with Gasteiger partial charge in [-0.1, -0.05) is 12.1 Å². The summed E-state index contributed by atoms with van der Waals surface area (Å²) in [5, 5.41) is 8.69. The van der Waals surface area contributed by atoms with Crippen LogP contribution in [0.1, 0.15) is 5.56 Å². The van der Waals surface area contributed by atoms with Crippen LogP contribution in [0.3, 0.4) is 0 Å². The second-order valence-electron chi connectivity index (χ2n) is 3.47. The zero-order valence-electron chi connectivity index (χ0n) is 8.62. The zero-order chi connectivity index (χ0) is 9.97. The van der Waals surface area contributed by atoms with Crippen molar-refractivity contribution in [3.63, 3.8) is 0 Å².